The average Bonchev–Trinajstić information content (AvgIpc) is 3.43. The topological polar surface area (TPSA) is 77.9 Å². The average molecular weight is 426 g/mol. The van der Waals surface area contributed by atoms with Crippen LogP contribution in [0.3, 0.4) is 0 Å². The fourth-order valence-corrected chi connectivity index (χ4v) is 5.58. The van der Waals surface area contributed by atoms with Crippen molar-refractivity contribution in [2.45, 2.75) is 39.2 Å². The number of rotatable bonds is 3. The molecule has 1 fully saturated rings. The minimum absolute atomic E-state index is 0.114. The van der Waals surface area contributed by atoms with Crippen LogP contribution in [0.2, 0.25) is 0 Å². The van der Waals surface area contributed by atoms with Crippen molar-refractivity contribution in [3.63, 3.8) is 0 Å². The molecule has 0 radical (unpaired) electrons. The van der Waals surface area contributed by atoms with E-state index in [1.807, 2.05) is 25.3 Å². The van der Waals surface area contributed by atoms with Gasteiger partial charge in [0.2, 0.25) is 0 Å². The first-order valence-corrected chi connectivity index (χ1v) is 11.4. The monoisotopic (exact) mass is 425 g/mol. The van der Waals surface area contributed by atoms with Crippen LogP contribution in [0, 0.1) is 12.3 Å². The molecule has 162 valence electrons. The molecule has 0 atom stereocenters. The number of nitrogens with one attached hydrogen (secondary N) is 1. The first kappa shape index (κ1) is 19.4. The summed E-state index contributed by atoms with van der Waals surface area (Å²) in [7, 11) is 0. The van der Waals surface area contributed by atoms with Crippen LogP contribution in [-0.2, 0) is 19.4 Å². The molecule has 0 amide bonds. The van der Waals surface area contributed by atoms with Gasteiger partial charge >= 0.3 is 0 Å². The standard InChI is InChI=1S/C26H27N5O/c1-17-24(18-6-7-22-21(12-18)15-27-30-22)29-23(16-32)25(28-17)31-10-8-26(9-11-31)13-19-4-2-3-5-20(19)14-26/h2-7,12,15,32H,8-11,13-14,16H2,1H3,(H,27,30). The number of benzene rings is 2. The number of hydrogen-bond acceptors (Lipinski definition) is 5. The Morgan fingerprint density at radius 3 is 2.50 bits per heavy atom. The molecule has 2 aromatic carbocycles. The van der Waals surface area contributed by atoms with E-state index in [1.54, 1.807) is 0 Å². The van der Waals surface area contributed by atoms with E-state index in [0.29, 0.717) is 11.1 Å². The molecule has 32 heavy (non-hydrogen) atoms. The van der Waals surface area contributed by atoms with Crippen LogP contribution in [0.4, 0.5) is 5.82 Å². The number of H-pyrrole nitrogens is 1. The summed E-state index contributed by atoms with van der Waals surface area (Å²) in [4.78, 5) is 12.1. The first-order chi connectivity index (χ1) is 15.6. The van der Waals surface area contributed by atoms with E-state index in [-0.39, 0.29) is 6.61 Å². The number of aliphatic hydroxyl groups excluding tert-OH is 1. The van der Waals surface area contributed by atoms with E-state index in [1.165, 1.54) is 24.0 Å². The molecule has 0 bridgehead atoms. The lowest BCUT2D eigenvalue weighted by Gasteiger charge is -2.40. The van der Waals surface area contributed by atoms with Gasteiger partial charge in [0, 0.05) is 24.0 Å². The van der Waals surface area contributed by atoms with Gasteiger partial charge in [-0.3, -0.25) is 5.10 Å². The molecule has 6 heteroatoms. The molecule has 6 nitrogen and oxygen atoms in total. The smallest absolute Gasteiger partial charge is 0.153 e. The molecular weight excluding hydrogens is 398 g/mol. The highest BCUT2D eigenvalue weighted by Gasteiger charge is 2.40. The summed E-state index contributed by atoms with van der Waals surface area (Å²) in [6.07, 6.45) is 6.47. The molecule has 3 heterocycles. The molecule has 4 aromatic rings. The molecule has 1 spiro atoms. The number of hydrogen-bond donors (Lipinski definition) is 2. The number of piperidine rings is 1. The van der Waals surface area contributed by atoms with Crippen molar-refractivity contribution >= 4 is 16.7 Å². The molecule has 6 rings (SSSR count). The van der Waals surface area contributed by atoms with Crippen LogP contribution in [-0.4, -0.2) is 38.4 Å². The maximum absolute atomic E-state index is 10.1. The fraction of sp³-hybridized carbons (Fsp3) is 0.346. The number of nitrogens with zero attached hydrogens (tertiary/aromatic N) is 4. The highest BCUT2D eigenvalue weighted by Crippen LogP contribution is 2.45. The Morgan fingerprint density at radius 2 is 1.78 bits per heavy atom. The zero-order valence-electron chi connectivity index (χ0n) is 18.3. The number of anilines is 1. The van der Waals surface area contributed by atoms with E-state index in [4.69, 9.17) is 9.97 Å². The minimum Gasteiger partial charge on any atom is -0.390 e. The van der Waals surface area contributed by atoms with Crippen LogP contribution in [0.25, 0.3) is 22.2 Å². The van der Waals surface area contributed by atoms with Crippen molar-refractivity contribution in [3.8, 4) is 11.3 Å². The molecular formula is C26H27N5O. The predicted octanol–water partition coefficient (Wildman–Crippen LogP) is 4.21. The summed E-state index contributed by atoms with van der Waals surface area (Å²) in [6, 6.07) is 15.0. The third-order valence-electron chi connectivity index (χ3n) is 7.36. The fourth-order valence-electron chi connectivity index (χ4n) is 5.58. The quantitative estimate of drug-likeness (QED) is 0.514. The maximum Gasteiger partial charge on any atom is 0.153 e. The summed E-state index contributed by atoms with van der Waals surface area (Å²) in [6.45, 7) is 3.80. The van der Waals surface area contributed by atoms with E-state index >= 15 is 0 Å². The largest absolute Gasteiger partial charge is 0.390 e. The number of aromatic amines is 1. The third kappa shape index (κ3) is 3.17. The highest BCUT2D eigenvalue weighted by molar-refractivity contribution is 5.83. The van der Waals surface area contributed by atoms with Crippen molar-refractivity contribution in [1.82, 2.24) is 20.2 Å². The van der Waals surface area contributed by atoms with Gasteiger partial charge in [0.05, 0.1) is 29.7 Å². The molecule has 0 unspecified atom stereocenters. The van der Waals surface area contributed by atoms with Crippen molar-refractivity contribution in [3.05, 3.63) is 71.2 Å². The van der Waals surface area contributed by atoms with Crippen molar-refractivity contribution in [1.29, 1.82) is 0 Å². The molecule has 1 aliphatic heterocycles. The molecule has 1 saturated heterocycles. The van der Waals surface area contributed by atoms with Crippen LogP contribution in [0.5, 0.6) is 0 Å². The van der Waals surface area contributed by atoms with Gasteiger partial charge in [0.25, 0.3) is 0 Å². The Labute approximate surface area is 187 Å². The summed E-state index contributed by atoms with van der Waals surface area (Å²) in [5.41, 5.74) is 7.76. The van der Waals surface area contributed by atoms with Crippen molar-refractivity contribution in [2.75, 3.05) is 18.0 Å². The molecule has 2 N–H and O–H groups in total. The van der Waals surface area contributed by atoms with E-state index in [9.17, 15) is 5.11 Å². The SMILES string of the molecule is Cc1nc(N2CCC3(CC2)Cc2ccccc2C3)c(CO)nc1-c1ccc2[nH]ncc2c1. The number of aliphatic hydroxyl groups is 1. The summed E-state index contributed by atoms with van der Waals surface area (Å²) < 4.78 is 0. The number of aromatic nitrogens is 4. The number of fused-ring (bicyclic) bond motifs is 2. The van der Waals surface area contributed by atoms with Gasteiger partial charge in [-0.05, 0) is 61.3 Å². The van der Waals surface area contributed by atoms with Crippen LogP contribution in [0.1, 0.15) is 35.4 Å². The lowest BCUT2D eigenvalue weighted by Crippen LogP contribution is -2.41. The lowest BCUT2D eigenvalue weighted by molar-refractivity contribution is 0.231. The maximum atomic E-state index is 10.1. The van der Waals surface area contributed by atoms with Gasteiger partial charge < -0.3 is 10.0 Å². The Balaban J connectivity index is 1.26. The van der Waals surface area contributed by atoms with Gasteiger partial charge in [0.15, 0.2) is 5.82 Å². The van der Waals surface area contributed by atoms with Crippen LogP contribution in [0.15, 0.2) is 48.7 Å². The molecule has 2 aromatic heterocycles. The van der Waals surface area contributed by atoms with Crippen molar-refractivity contribution < 1.29 is 5.11 Å². The Hall–Kier alpha value is -3.25. The van der Waals surface area contributed by atoms with Crippen LogP contribution >= 0.6 is 0 Å². The highest BCUT2D eigenvalue weighted by atomic mass is 16.3. The Morgan fingerprint density at radius 1 is 1.03 bits per heavy atom. The summed E-state index contributed by atoms with van der Waals surface area (Å²) in [5, 5.41) is 18.3. The molecule has 0 saturated carbocycles. The van der Waals surface area contributed by atoms with Crippen LogP contribution < -0.4 is 4.90 Å². The third-order valence-corrected chi connectivity index (χ3v) is 7.36. The zero-order chi connectivity index (χ0) is 21.7. The number of aryl methyl sites for hydroxylation is 1. The van der Waals surface area contributed by atoms with E-state index < -0.39 is 0 Å². The molecule has 1 aliphatic carbocycles. The van der Waals surface area contributed by atoms with Gasteiger partial charge in [-0.2, -0.15) is 5.10 Å². The van der Waals surface area contributed by atoms with Gasteiger partial charge in [0.1, 0.15) is 5.69 Å². The second kappa shape index (κ2) is 7.41. The van der Waals surface area contributed by atoms with E-state index in [0.717, 1.165) is 59.6 Å². The zero-order valence-corrected chi connectivity index (χ0v) is 18.3. The predicted molar refractivity (Wildman–Crippen MR) is 126 cm³/mol. The summed E-state index contributed by atoms with van der Waals surface area (Å²) in [5.74, 6) is 0.837. The summed E-state index contributed by atoms with van der Waals surface area (Å²) >= 11 is 0. The first-order valence-electron chi connectivity index (χ1n) is 11.4. The van der Waals surface area contributed by atoms with Crippen molar-refractivity contribution in [2.24, 2.45) is 5.41 Å². The second-order valence-corrected chi connectivity index (χ2v) is 9.37. The lowest BCUT2D eigenvalue weighted by atomic mass is 9.76. The van der Waals surface area contributed by atoms with E-state index in [2.05, 4.69) is 45.4 Å². The van der Waals surface area contributed by atoms with Gasteiger partial charge in [-0.1, -0.05) is 30.3 Å². The normalized spacial score (nSPS) is 17.2. The Bertz CT molecular complexity index is 1280. The second-order valence-electron chi connectivity index (χ2n) is 9.37. The molecule has 2 aliphatic rings. The van der Waals surface area contributed by atoms with Gasteiger partial charge in [-0.25, -0.2) is 9.97 Å². The minimum atomic E-state index is -0.114. The Kier molecular flexibility index (Phi) is 4.50. The van der Waals surface area contributed by atoms with Gasteiger partial charge in [-0.15, -0.1) is 0 Å².